The summed E-state index contributed by atoms with van der Waals surface area (Å²) in [6, 6.07) is 13.4. The quantitative estimate of drug-likeness (QED) is 0.519. The van der Waals surface area contributed by atoms with Gasteiger partial charge in [0.1, 0.15) is 11.0 Å². The molecular formula is C24H23N7O. The predicted octanol–water partition coefficient (Wildman–Crippen LogP) is 2.63. The molecule has 160 valence electrons. The van der Waals surface area contributed by atoms with E-state index >= 15 is 0 Å². The minimum absolute atomic E-state index is 0.0297. The van der Waals surface area contributed by atoms with E-state index in [2.05, 4.69) is 20.9 Å². The third-order valence-corrected chi connectivity index (χ3v) is 5.96. The van der Waals surface area contributed by atoms with E-state index in [0.717, 1.165) is 36.1 Å². The summed E-state index contributed by atoms with van der Waals surface area (Å²) < 4.78 is 1.66. The number of nitrogens with one attached hydrogen (secondary N) is 1. The molecule has 0 aliphatic carbocycles. The molecule has 1 fully saturated rings. The van der Waals surface area contributed by atoms with E-state index in [1.165, 1.54) is 0 Å². The number of rotatable bonds is 4. The number of anilines is 1. The summed E-state index contributed by atoms with van der Waals surface area (Å²) in [5.74, 6) is 0.584. The highest BCUT2D eigenvalue weighted by Crippen LogP contribution is 2.28. The molecular weight excluding hydrogens is 402 g/mol. The first kappa shape index (κ1) is 20.0. The van der Waals surface area contributed by atoms with Crippen LogP contribution in [0.2, 0.25) is 0 Å². The molecule has 0 unspecified atom stereocenters. The van der Waals surface area contributed by atoms with Crippen LogP contribution in [-0.4, -0.2) is 38.7 Å². The minimum atomic E-state index is -0.169. The maximum atomic E-state index is 13.7. The molecule has 0 spiro atoms. The Morgan fingerprint density at radius 3 is 2.81 bits per heavy atom. The number of pyridine rings is 1. The van der Waals surface area contributed by atoms with Crippen LogP contribution in [0.25, 0.3) is 22.2 Å². The number of nitrogens with zero attached hydrogens (tertiary/aromatic N) is 5. The Hall–Kier alpha value is -3.96. The Kier molecular flexibility index (Phi) is 5.17. The molecule has 5 rings (SSSR count). The van der Waals surface area contributed by atoms with E-state index in [1.807, 2.05) is 36.5 Å². The molecule has 4 heterocycles. The molecule has 8 heteroatoms. The van der Waals surface area contributed by atoms with Gasteiger partial charge in [-0.2, -0.15) is 5.26 Å². The van der Waals surface area contributed by atoms with Gasteiger partial charge in [-0.1, -0.05) is 18.2 Å². The second kappa shape index (κ2) is 8.29. The Labute approximate surface area is 185 Å². The fourth-order valence-corrected chi connectivity index (χ4v) is 4.35. The highest BCUT2D eigenvalue weighted by Gasteiger charge is 2.24. The van der Waals surface area contributed by atoms with Gasteiger partial charge in [0.25, 0.3) is 5.56 Å². The van der Waals surface area contributed by atoms with E-state index in [4.69, 9.17) is 10.7 Å². The zero-order chi connectivity index (χ0) is 22.1. The molecule has 8 nitrogen and oxygen atoms in total. The van der Waals surface area contributed by atoms with Crippen LogP contribution in [-0.2, 0) is 6.54 Å². The summed E-state index contributed by atoms with van der Waals surface area (Å²) in [6.07, 6.45) is 7.14. The van der Waals surface area contributed by atoms with E-state index in [1.54, 1.807) is 23.0 Å². The fourth-order valence-electron chi connectivity index (χ4n) is 4.35. The van der Waals surface area contributed by atoms with Crippen molar-refractivity contribution in [3.05, 3.63) is 76.5 Å². The number of hydrogen-bond donors (Lipinski definition) is 2. The molecule has 3 N–H and O–H groups in total. The van der Waals surface area contributed by atoms with Crippen molar-refractivity contribution in [2.24, 2.45) is 5.73 Å². The van der Waals surface area contributed by atoms with Gasteiger partial charge in [-0.05, 0) is 42.2 Å². The van der Waals surface area contributed by atoms with Gasteiger partial charge >= 0.3 is 0 Å². The number of aromatic nitrogens is 4. The van der Waals surface area contributed by atoms with Gasteiger partial charge in [0.05, 0.1) is 18.2 Å². The normalized spacial score (nSPS) is 16.2. The first-order valence-corrected chi connectivity index (χ1v) is 10.7. The topological polar surface area (TPSA) is 117 Å². The second-order valence-corrected chi connectivity index (χ2v) is 8.08. The van der Waals surface area contributed by atoms with Crippen LogP contribution < -0.4 is 16.2 Å². The van der Waals surface area contributed by atoms with Crippen molar-refractivity contribution in [1.82, 2.24) is 19.5 Å². The van der Waals surface area contributed by atoms with Gasteiger partial charge < -0.3 is 15.6 Å². The number of H-pyrrole nitrogens is 1. The van der Waals surface area contributed by atoms with Crippen LogP contribution in [0.5, 0.6) is 0 Å². The van der Waals surface area contributed by atoms with Gasteiger partial charge in [0.2, 0.25) is 5.95 Å². The van der Waals surface area contributed by atoms with Gasteiger partial charge in [0, 0.05) is 43.3 Å². The van der Waals surface area contributed by atoms with Crippen molar-refractivity contribution in [1.29, 1.82) is 5.26 Å². The lowest BCUT2D eigenvalue weighted by Gasteiger charge is -2.33. The first-order chi connectivity index (χ1) is 15.7. The van der Waals surface area contributed by atoms with E-state index in [9.17, 15) is 10.1 Å². The standard InChI is InChI=1S/C24H23N7O/c25-12-17-4-1-2-5-18(17)14-31-23(32)22-21(20(13-28-22)16-7-9-27-10-8-16)29-24(31)30-11-3-6-19(26)15-30/h1-2,4-5,7-10,13,19,28H,3,6,11,14-15,26H2/t19-/m1/s1. The number of benzene rings is 1. The maximum absolute atomic E-state index is 13.7. The number of hydrogen-bond acceptors (Lipinski definition) is 6. The van der Waals surface area contributed by atoms with Crippen molar-refractivity contribution in [3.8, 4) is 17.2 Å². The number of aromatic amines is 1. The minimum Gasteiger partial charge on any atom is -0.355 e. The molecule has 1 saturated heterocycles. The third-order valence-electron chi connectivity index (χ3n) is 5.96. The molecule has 0 bridgehead atoms. The monoisotopic (exact) mass is 425 g/mol. The van der Waals surface area contributed by atoms with Gasteiger partial charge in [-0.25, -0.2) is 4.98 Å². The van der Waals surface area contributed by atoms with E-state index in [0.29, 0.717) is 29.1 Å². The van der Waals surface area contributed by atoms with E-state index < -0.39 is 0 Å². The highest BCUT2D eigenvalue weighted by molar-refractivity contribution is 5.92. The number of fused-ring (bicyclic) bond motifs is 1. The van der Waals surface area contributed by atoms with Crippen LogP contribution in [0.1, 0.15) is 24.0 Å². The third kappa shape index (κ3) is 3.53. The summed E-state index contributed by atoms with van der Waals surface area (Å²) >= 11 is 0. The van der Waals surface area contributed by atoms with Crippen LogP contribution in [0.4, 0.5) is 5.95 Å². The Balaban J connectivity index is 1.71. The molecule has 1 atom stereocenters. The summed E-state index contributed by atoms with van der Waals surface area (Å²) in [4.78, 5) is 27.9. The second-order valence-electron chi connectivity index (χ2n) is 8.08. The maximum Gasteiger partial charge on any atom is 0.279 e. The Morgan fingerprint density at radius 2 is 2.03 bits per heavy atom. The van der Waals surface area contributed by atoms with Gasteiger partial charge in [0.15, 0.2) is 0 Å². The first-order valence-electron chi connectivity index (χ1n) is 10.7. The number of nitriles is 1. The summed E-state index contributed by atoms with van der Waals surface area (Å²) in [5, 5.41) is 9.53. The summed E-state index contributed by atoms with van der Waals surface area (Å²) in [5.41, 5.74) is 10.3. The van der Waals surface area contributed by atoms with Crippen LogP contribution in [0.3, 0.4) is 0 Å². The van der Waals surface area contributed by atoms with Crippen molar-refractivity contribution >= 4 is 17.0 Å². The Morgan fingerprint density at radius 1 is 1.22 bits per heavy atom. The number of nitrogens with two attached hydrogens (primary N) is 1. The average Bonchev–Trinajstić information content (AvgIpc) is 3.26. The molecule has 0 radical (unpaired) electrons. The Bertz CT molecular complexity index is 1370. The smallest absolute Gasteiger partial charge is 0.279 e. The molecule has 4 aromatic rings. The van der Waals surface area contributed by atoms with Gasteiger partial charge in [-0.3, -0.25) is 14.3 Å². The molecule has 32 heavy (non-hydrogen) atoms. The number of piperidine rings is 1. The largest absolute Gasteiger partial charge is 0.355 e. The van der Waals surface area contributed by atoms with Gasteiger partial charge in [-0.15, -0.1) is 0 Å². The molecule has 1 aliphatic heterocycles. The summed E-state index contributed by atoms with van der Waals surface area (Å²) in [7, 11) is 0. The molecule has 0 saturated carbocycles. The van der Waals surface area contributed by atoms with E-state index in [-0.39, 0.29) is 18.1 Å². The average molecular weight is 425 g/mol. The molecule has 3 aromatic heterocycles. The lowest BCUT2D eigenvalue weighted by Crippen LogP contribution is -2.45. The molecule has 1 aliphatic rings. The summed E-state index contributed by atoms with van der Waals surface area (Å²) in [6.45, 7) is 1.67. The zero-order valence-corrected chi connectivity index (χ0v) is 17.5. The van der Waals surface area contributed by atoms with Crippen molar-refractivity contribution in [2.45, 2.75) is 25.4 Å². The van der Waals surface area contributed by atoms with Crippen LogP contribution in [0, 0.1) is 11.3 Å². The van der Waals surface area contributed by atoms with Crippen LogP contribution >= 0.6 is 0 Å². The fraction of sp³-hybridized carbons (Fsp3) is 0.250. The van der Waals surface area contributed by atoms with Crippen molar-refractivity contribution in [2.75, 3.05) is 18.0 Å². The lowest BCUT2D eigenvalue weighted by molar-refractivity contribution is 0.492. The molecule has 1 aromatic carbocycles. The van der Waals surface area contributed by atoms with Crippen LogP contribution in [0.15, 0.2) is 59.8 Å². The predicted molar refractivity (Wildman–Crippen MR) is 123 cm³/mol. The highest BCUT2D eigenvalue weighted by atomic mass is 16.1. The molecule has 0 amide bonds. The lowest BCUT2D eigenvalue weighted by atomic mass is 10.1. The van der Waals surface area contributed by atoms with Crippen molar-refractivity contribution in [3.63, 3.8) is 0 Å². The van der Waals surface area contributed by atoms with Crippen molar-refractivity contribution < 1.29 is 0 Å². The zero-order valence-electron chi connectivity index (χ0n) is 17.5. The SMILES string of the molecule is N#Cc1ccccc1Cn1c(N2CCC[C@@H](N)C2)nc2c(-c3ccncc3)c[nH]c2c1=O.